The highest BCUT2D eigenvalue weighted by molar-refractivity contribution is 5.67. The predicted molar refractivity (Wildman–Crippen MR) is 103 cm³/mol. The molecule has 0 radical (unpaired) electrons. The third-order valence-electron chi connectivity index (χ3n) is 5.43. The SMILES string of the molecule is CCCCCCCCCCCCC/C=C1\CCCCC1CC(=O)O. The normalized spacial score (nSPS) is 19.7. The third-order valence-corrected chi connectivity index (χ3v) is 5.43. The number of unbranched alkanes of at least 4 members (excludes halogenated alkanes) is 11. The van der Waals surface area contributed by atoms with Gasteiger partial charge in [0.2, 0.25) is 0 Å². The van der Waals surface area contributed by atoms with E-state index in [4.69, 9.17) is 5.11 Å². The molecule has 1 N–H and O–H groups in total. The molecule has 0 aromatic rings. The lowest BCUT2D eigenvalue weighted by atomic mass is 9.81. The zero-order valence-electron chi connectivity index (χ0n) is 16.0. The molecule has 0 aromatic heterocycles. The van der Waals surface area contributed by atoms with Gasteiger partial charge in [-0.1, -0.05) is 89.2 Å². The number of allylic oxidation sites excluding steroid dienone is 2. The molecule has 0 aliphatic heterocycles. The van der Waals surface area contributed by atoms with E-state index >= 15 is 0 Å². The van der Waals surface area contributed by atoms with Gasteiger partial charge >= 0.3 is 5.97 Å². The molecule has 2 heteroatoms. The molecule has 0 amide bonds. The molecule has 1 saturated carbocycles. The summed E-state index contributed by atoms with van der Waals surface area (Å²) < 4.78 is 0. The van der Waals surface area contributed by atoms with Gasteiger partial charge in [-0.05, 0) is 38.0 Å². The Bertz CT molecular complexity index is 346. The molecule has 1 aliphatic carbocycles. The van der Waals surface area contributed by atoms with Crippen LogP contribution in [0.15, 0.2) is 11.6 Å². The molecule has 24 heavy (non-hydrogen) atoms. The maximum atomic E-state index is 11.0. The van der Waals surface area contributed by atoms with Gasteiger partial charge < -0.3 is 5.11 Å². The Morgan fingerprint density at radius 3 is 2.12 bits per heavy atom. The minimum atomic E-state index is -0.637. The molecule has 1 unspecified atom stereocenters. The van der Waals surface area contributed by atoms with Crippen molar-refractivity contribution < 1.29 is 9.90 Å². The maximum Gasteiger partial charge on any atom is 0.303 e. The second-order valence-electron chi connectivity index (χ2n) is 7.64. The summed E-state index contributed by atoms with van der Waals surface area (Å²) in [6, 6.07) is 0. The molecule has 1 aliphatic rings. The fourth-order valence-electron chi connectivity index (χ4n) is 3.92. The number of hydrogen-bond acceptors (Lipinski definition) is 1. The number of hydrogen-bond donors (Lipinski definition) is 1. The van der Waals surface area contributed by atoms with Gasteiger partial charge in [-0.2, -0.15) is 0 Å². The third kappa shape index (κ3) is 10.9. The van der Waals surface area contributed by atoms with E-state index < -0.39 is 5.97 Å². The van der Waals surface area contributed by atoms with Crippen molar-refractivity contribution in [3.63, 3.8) is 0 Å². The summed E-state index contributed by atoms with van der Waals surface area (Å²) in [4.78, 5) is 11.0. The maximum absolute atomic E-state index is 11.0. The van der Waals surface area contributed by atoms with E-state index in [9.17, 15) is 4.79 Å². The quantitative estimate of drug-likeness (QED) is 0.267. The van der Waals surface area contributed by atoms with Gasteiger partial charge in [-0.3, -0.25) is 4.79 Å². The van der Waals surface area contributed by atoms with Crippen molar-refractivity contribution in [1.82, 2.24) is 0 Å². The number of aliphatic carboxylic acids is 1. The summed E-state index contributed by atoms with van der Waals surface area (Å²) in [7, 11) is 0. The van der Waals surface area contributed by atoms with Crippen LogP contribution < -0.4 is 0 Å². The van der Waals surface area contributed by atoms with Crippen LogP contribution in [-0.4, -0.2) is 11.1 Å². The van der Waals surface area contributed by atoms with Crippen LogP contribution in [0.3, 0.4) is 0 Å². The Morgan fingerprint density at radius 1 is 0.958 bits per heavy atom. The van der Waals surface area contributed by atoms with Crippen LogP contribution in [0.5, 0.6) is 0 Å². The number of carboxylic acid groups (broad SMARTS) is 1. The zero-order chi connectivity index (χ0) is 17.5. The van der Waals surface area contributed by atoms with Gasteiger partial charge in [0, 0.05) is 0 Å². The van der Waals surface area contributed by atoms with Crippen LogP contribution in [0.25, 0.3) is 0 Å². The average molecular weight is 337 g/mol. The standard InChI is InChI=1S/C22H40O2/c1-2-3-4-5-6-7-8-9-10-11-12-13-16-20-17-14-15-18-21(20)19-22(23)24/h16,21H,2-15,17-19H2,1H3,(H,23,24)/b20-16+. The largest absolute Gasteiger partial charge is 0.481 e. The molecule has 0 heterocycles. The Balaban J connectivity index is 1.99. The summed E-state index contributed by atoms with van der Waals surface area (Å²) in [5, 5.41) is 9.03. The number of rotatable bonds is 14. The van der Waals surface area contributed by atoms with Gasteiger partial charge in [0.1, 0.15) is 0 Å². The summed E-state index contributed by atoms with van der Waals surface area (Å²) in [6.45, 7) is 2.27. The van der Waals surface area contributed by atoms with Crippen molar-refractivity contribution in [1.29, 1.82) is 0 Å². The summed E-state index contributed by atoms with van der Waals surface area (Å²) in [5.74, 6) is -0.313. The predicted octanol–water partition coefficient (Wildman–Crippen LogP) is 7.28. The lowest BCUT2D eigenvalue weighted by molar-refractivity contribution is -0.137. The second-order valence-corrected chi connectivity index (χ2v) is 7.64. The molecule has 1 atom stereocenters. The van der Waals surface area contributed by atoms with E-state index in [1.165, 1.54) is 89.0 Å². The lowest BCUT2D eigenvalue weighted by Gasteiger charge is -2.24. The fourth-order valence-corrected chi connectivity index (χ4v) is 3.92. The Hall–Kier alpha value is -0.790. The lowest BCUT2D eigenvalue weighted by Crippen LogP contribution is -2.14. The van der Waals surface area contributed by atoms with E-state index in [1.807, 2.05) is 0 Å². The molecular weight excluding hydrogens is 296 g/mol. The van der Waals surface area contributed by atoms with Crippen molar-refractivity contribution in [3.05, 3.63) is 11.6 Å². The molecule has 0 spiro atoms. The highest BCUT2D eigenvalue weighted by Gasteiger charge is 2.20. The molecule has 0 aromatic carbocycles. The first-order valence-electron chi connectivity index (χ1n) is 10.6. The van der Waals surface area contributed by atoms with Crippen LogP contribution in [0, 0.1) is 5.92 Å². The van der Waals surface area contributed by atoms with Gasteiger partial charge in [-0.25, -0.2) is 0 Å². The smallest absolute Gasteiger partial charge is 0.303 e. The minimum Gasteiger partial charge on any atom is -0.481 e. The average Bonchev–Trinajstić information content (AvgIpc) is 2.57. The minimum absolute atomic E-state index is 0.323. The van der Waals surface area contributed by atoms with Gasteiger partial charge in [-0.15, -0.1) is 0 Å². The van der Waals surface area contributed by atoms with Crippen LogP contribution in [0.1, 0.15) is 116 Å². The highest BCUT2D eigenvalue weighted by atomic mass is 16.4. The summed E-state index contributed by atoms with van der Waals surface area (Å²) >= 11 is 0. The van der Waals surface area contributed by atoms with Gasteiger partial charge in [0.25, 0.3) is 0 Å². The van der Waals surface area contributed by atoms with Crippen LogP contribution in [-0.2, 0) is 4.79 Å². The van der Waals surface area contributed by atoms with Crippen molar-refractivity contribution in [3.8, 4) is 0 Å². The van der Waals surface area contributed by atoms with Gasteiger partial charge in [0.05, 0.1) is 6.42 Å². The topological polar surface area (TPSA) is 37.3 Å². The highest BCUT2D eigenvalue weighted by Crippen LogP contribution is 2.32. The zero-order valence-corrected chi connectivity index (χ0v) is 16.0. The molecular formula is C22H40O2. The van der Waals surface area contributed by atoms with Crippen LogP contribution >= 0.6 is 0 Å². The Labute approximate surface area is 150 Å². The first-order chi connectivity index (χ1) is 11.7. The van der Waals surface area contributed by atoms with Crippen molar-refractivity contribution in [2.24, 2.45) is 5.92 Å². The molecule has 1 fully saturated rings. The van der Waals surface area contributed by atoms with E-state index in [1.54, 1.807) is 0 Å². The molecule has 1 rings (SSSR count). The van der Waals surface area contributed by atoms with E-state index in [-0.39, 0.29) is 0 Å². The van der Waals surface area contributed by atoms with Crippen molar-refractivity contribution in [2.75, 3.05) is 0 Å². The summed E-state index contributed by atoms with van der Waals surface area (Å²) in [6.07, 6.45) is 23.8. The van der Waals surface area contributed by atoms with Crippen LogP contribution in [0.2, 0.25) is 0 Å². The number of carbonyl (C=O) groups is 1. The molecule has 2 nitrogen and oxygen atoms in total. The van der Waals surface area contributed by atoms with E-state index in [0.717, 1.165) is 19.3 Å². The van der Waals surface area contributed by atoms with E-state index in [2.05, 4.69) is 13.0 Å². The van der Waals surface area contributed by atoms with Crippen molar-refractivity contribution in [2.45, 2.75) is 116 Å². The first-order valence-corrected chi connectivity index (χ1v) is 10.6. The summed E-state index contributed by atoms with van der Waals surface area (Å²) in [5.41, 5.74) is 1.44. The number of carboxylic acids is 1. The fraction of sp³-hybridized carbons (Fsp3) is 0.864. The Morgan fingerprint density at radius 2 is 1.54 bits per heavy atom. The molecule has 0 bridgehead atoms. The van der Waals surface area contributed by atoms with Crippen LogP contribution in [0.4, 0.5) is 0 Å². The Kier molecular flexibility index (Phi) is 12.9. The van der Waals surface area contributed by atoms with Crippen molar-refractivity contribution >= 4 is 5.97 Å². The molecule has 0 saturated heterocycles. The monoisotopic (exact) mass is 336 g/mol. The molecule has 140 valence electrons. The first kappa shape index (κ1) is 21.3. The second kappa shape index (κ2) is 14.5. The van der Waals surface area contributed by atoms with E-state index in [0.29, 0.717) is 12.3 Å². The van der Waals surface area contributed by atoms with Gasteiger partial charge in [0.15, 0.2) is 0 Å².